The molecular formula is C11H19N3O2. The van der Waals surface area contributed by atoms with Gasteiger partial charge in [-0.3, -0.25) is 9.59 Å². The Labute approximate surface area is 95.9 Å². The fourth-order valence-electron chi connectivity index (χ4n) is 1.46. The average Bonchev–Trinajstić information content (AvgIpc) is 2.27. The first-order valence-corrected chi connectivity index (χ1v) is 5.56. The first kappa shape index (κ1) is 12.7. The molecule has 0 saturated heterocycles. The third kappa shape index (κ3) is 2.81. The van der Waals surface area contributed by atoms with Gasteiger partial charge in [-0.05, 0) is 12.8 Å². The molecule has 0 radical (unpaired) electrons. The summed E-state index contributed by atoms with van der Waals surface area (Å²) in [4.78, 5) is 24.6. The topological polar surface area (TPSA) is 61.8 Å². The summed E-state index contributed by atoms with van der Waals surface area (Å²) in [6.07, 6.45) is 0.772. The van der Waals surface area contributed by atoms with Crippen LogP contribution in [-0.4, -0.2) is 35.5 Å². The maximum Gasteiger partial charge on any atom is 0.270 e. The molecule has 1 unspecified atom stereocenters. The number of carbonyl (C=O) groups is 2. The van der Waals surface area contributed by atoms with Gasteiger partial charge in [0, 0.05) is 25.9 Å². The van der Waals surface area contributed by atoms with Crippen LogP contribution in [0.1, 0.15) is 33.6 Å². The molecule has 1 heterocycles. The highest BCUT2D eigenvalue weighted by Crippen LogP contribution is 2.11. The van der Waals surface area contributed by atoms with Crippen LogP contribution in [0.4, 0.5) is 0 Å². The molecule has 0 fully saturated rings. The molecule has 1 rings (SSSR count). The standard InChI is InChI=1S/C11H19N3O2/c1-7(2)8(3)14(4)11(16)9-5-6-10(15)13-12-9/h7-8H,5-6H2,1-4H3,(H,13,15). The van der Waals surface area contributed by atoms with Gasteiger partial charge < -0.3 is 4.90 Å². The maximum absolute atomic E-state index is 12.0. The second-order valence-corrected chi connectivity index (χ2v) is 4.49. The van der Waals surface area contributed by atoms with Gasteiger partial charge in [-0.1, -0.05) is 13.8 Å². The molecule has 1 atom stereocenters. The molecule has 90 valence electrons. The molecule has 0 bridgehead atoms. The Kier molecular flexibility index (Phi) is 4.04. The Morgan fingerprint density at radius 2 is 2.00 bits per heavy atom. The van der Waals surface area contributed by atoms with Crippen LogP contribution in [0.5, 0.6) is 0 Å². The lowest BCUT2D eigenvalue weighted by molar-refractivity contribution is -0.125. The lowest BCUT2D eigenvalue weighted by Gasteiger charge is -2.28. The van der Waals surface area contributed by atoms with Crippen LogP contribution in [0.3, 0.4) is 0 Å². The van der Waals surface area contributed by atoms with E-state index in [1.807, 2.05) is 6.92 Å². The fourth-order valence-corrected chi connectivity index (χ4v) is 1.46. The number of carbonyl (C=O) groups excluding carboxylic acids is 2. The molecule has 0 aromatic carbocycles. The normalized spacial score (nSPS) is 17.8. The summed E-state index contributed by atoms with van der Waals surface area (Å²) in [7, 11) is 1.77. The zero-order valence-corrected chi connectivity index (χ0v) is 10.3. The number of rotatable bonds is 3. The first-order valence-electron chi connectivity index (χ1n) is 5.56. The smallest absolute Gasteiger partial charge is 0.270 e. The van der Waals surface area contributed by atoms with Crippen molar-refractivity contribution in [1.29, 1.82) is 0 Å². The third-order valence-corrected chi connectivity index (χ3v) is 3.05. The van der Waals surface area contributed by atoms with Gasteiger partial charge in [-0.2, -0.15) is 5.10 Å². The number of hydrogen-bond acceptors (Lipinski definition) is 3. The van der Waals surface area contributed by atoms with Crippen molar-refractivity contribution in [3.05, 3.63) is 0 Å². The van der Waals surface area contributed by atoms with Gasteiger partial charge in [0.2, 0.25) is 5.91 Å². The molecule has 0 aromatic heterocycles. The number of amides is 2. The molecular weight excluding hydrogens is 206 g/mol. The van der Waals surface area contributed by atoms with E-state index in [9.17, 15) is 9.59 Å². The van der Waals surface area contributed by atoms with Crippen LogP contribution in [0, 0.1) is 5.92 Å². The van der Waals surface area contributed by atoms with Crippen LogP contribution in [-0.2, 0) is 9.59 Å². The van der Waals surface area contributed by atoms with E-state index < -0.39 is 0 Å². The number of hydrogen-bond donors (Lipinski definition) is 1. The highest BCUT2D eigenvalue weighted by Gasteiger charge is 2.25. The van der Waals surface area contributed by atoms with E-state index in [-0.39, 0.29) is 17.9 Å². The van der Waals surface area contributed by atoms with Crippen molar-refractivity contribution in [3.63, 3.8) is 0 Å². The number of nitrogens with zero attached hydrogens (tertiary/aromatic N) is 2. The van der Waals surface area contributed by atoms with E-state index in [1.54, 1.807) is 11.9 Å². The summed E-state index contributed by atoms with van der Waals surface area (Å²) in [5.74, 6) is 0.171. The molecule has 5 nitrogen and oxygen atoms in total. The monoisotopic (exact) mass is 225 g/mol. The quantitative estimate of drug-likeness (QED) is 0.770. The van der Waals surface area contributed by atoms with E-state index in [0.29, 0.717) is 24.5 Å². The molecule has 0 saturated carbocycles. The van der Waals surface area contributed by atoms with Gasteiger partial charge in [0.05, 0.1) is 0 Å². The van der Waals surface area contributed by atoms with Crippen molar-refractivity contribution in [2.24, 2.45) is 11.0 Å². The predicted octanol–water partition coefficient (Wildman–Crippen LogP) is 0.755. The predicted molar refractivity (Wildman–Crippen MR) is 61.9 cm³/mol. The summed E-state index contributed by atoms with van der Waals surface area (Å²) in [5.41, 5.74) is 2.78. The average molecular weight is 225 g/mol. The van der Waals surface area contributed by atoms with E-state index in [2.05, 4.69) is 24.4 Å². The Balaban J connectivity index is 2.67. The minimum absolute atomic E-state index is 0.0961. The second-order valence-electron chi connectivity index (χ2n) is 4.49. The van der Waals surface area contributed by atoms with Crippen LogP contribution in [0.25, 0.3) is 0 Å². The molecule has 5 heteroatoms. The molecule has 16 heavy (non-hydrogen) atoms. The Morgan fingerprint density at radius 3 is 2.44 bits per heavy atom. The van der Waals surface area contributed by atoms with Crippen molar-refractivity contribution in [2.75, 3.05) is 7.05 Å². The van der Waals surface area contributed by atoms with E-state index >= 15 is 0 Å². The van der Waals surface area contributed by atoms with E-state index in [1.165, 1.54) is 0 Å². The SMILES string of the molecule is CC(C)C(C)N(C)C(=O)C1=NNC(=O)CC1. The van der Waals surface area contributed by atoms with Crippen molar-refractivity contribution in [3.8, 4) is 0 Å². The van der Waals surface area contributed by atoms with Crippen LogP contribution >= 0.6 is 0 Å². The van der Waals surface area contributed by atoms with Gasteiger partial charge in [0.25, 0.3) is 5.91 Å². The van der Waals surface area contributed by atoms with Crippen molar-refractivity contribution in [2.45, 2.75) is 39.7 Å². The van der Waals surface area contributed by atoms with Gasteiger partial charge in [0.15, 0.2) is 0 Å². The molecule has 0 aliphatic carbocycles. The molecule has 1 N–H and O–H groups in total. The van der Waals surface area contributed by atoms with Gasteiger partial charge in [0.1, 0.15) is 5.71 Å². The van der Waals surface area contributed by atoms with Crippen LogP contribution in [0.2, 0.25) is 0 Å². The molecule has 0 spiro atoms. The minimum Gasteiger partial charge on any atom is -0.338 e. The molecule has 2 amide bonds. The number of hydrazone groups is 1. The Hall–Kier alpha value is -1.39. The van der Waals surface area contributed by atoms with Crippen LogP contribution in [0.15, 0.2) is 5.10 Å². The van der Waals surface area contributed by atoms with Crippen molar-refractivity contribution in [1.82, 2.24) is 10.3 Å². The van der Waals surface area contributed by atoms with E-state index in [0.717, 1.165) is 0 Å². The maximum atomic E-state index is 12.0. The summed E-state index contributed by atoms with van der Waals surface area (Å²) >= 11 is 0. The number of nitrogens with one attached hydrogen (secondary N) is 1. The highest BCUT2D eigenvalue weighted by molar-refractivity contribution is 6.39. The van der Waals surface area contributed by atoms with Gasteiger partial charge in [-0.25, -0.2) is 5.43 Å². The summed E-state index contributed by atoms with van der Waals surface area (Å²) < 4.78 is 0. The van der Waals surface area contributed by atoms with Crippen molar-refractivity contribution >= 4 is 17.5 Å². The largest absolute Gasteiger partial charge is 0.338 e. The molecule has 1 aliphatic rings. The second kappa shape index (κ2) is 5.09. The lowest BCUT2D eigenvalue weighted by Crippen LogP contribution is -2.44. The fraction of sp³-hybridized carbons (Fsp3) is 0.727. The summed E-state index contributed by atoms with van der Waals surface area (Å²) in [5, 5.41) is 3.80. The third-order valence-electron chi connectivity index (χ3n) is 3.05. The zero-order valence-electron chi connectivity index (χ0n) is 10.3. The molecule has 0 aromatic rings. The molecule has 1 aliphatic heterocycles. The van der Waals surface area contributed by atoms with Crippen LogP contribution < -0.4 is 5.43 Å². The van der Waals surface area contributed by atoms with Gasteiger partial charge in [-0.15, -0.1) is 0 Å². The lowest BCUT2D eigenvalue weighted by atomic mass is 10.0. The minimum atomic E-state index is -0.129. The van der Waals surface area contributed by atoms with Crippen molar-refractivity contribution < 1.29 is 9.59 Å². The zero-order chi connectivity index (χ0) is 12.3. The highest BCUT2D eigenvalue weighted by atomic mass is 16.2. The van der Waals surface area contributed by atoms with E-state index in [4.69, 9.17) is 0 Å². The summed E-state index contributed by atoms with van der Waals surface area (Å²) in [6.45, 7) is 6.14. The summed E-state index contributed by atoms with van der Waals surface area (Å²) in [6, 6.07) is 0.160. The van der Waals surface area contributed by atoms with Gasteiger partial charge >= 0.3 is 0 Å². The Morgan fingerprint density at radius 1 is 1.38 bits per heavy atom. The first-order chi connectivity index (χ1) is 7.43. The Bertz CT molecular complexity index is 323.